The van der Waals surface area contributed by atoms with Gasteiger partial charge in [-0.2, -0.15) is 0 Å². The zero-order valence-electron chi connectivity index (χ0n) is 27.1. The van der Waals surface area contributed by atoms with Crippen LogP contribution in [-0.2, 0) is 19.8 Å². The molecule has 6 nitrogen and oxygen atoms in total. The fourth-order valence-electron chi connectivity index (χ4n) is 5.42. The van der Waals surface area contributed by atoms with E-state index in [4.69, 9.17) is 0 Å². The Balaban J connectivity index is 0.000000141. The zero-order chi connectivity index (χ0) is 32.3. The van der Waals surface area contributed by atoms with Gasteiger partial charge in [-0.3, -0.25) is 19.9 Å². The van der Waals surface area contributed by atoms with Crippen molar-refractivity contribution < 1.29 is 19.8 Å². The molecule has 8 aromatic rings. The summed E-state index contributed by atoms with van der Waals surface area (Å²) in [7, 11) is 2.14. The van der Waals surface area contributed by atoms with E-state index in [0.29, 0.717) is 0 Å². The Morgan fingerprint density at radius 1 is 0.521 bits per heavy atom. The second-order valence-corrected chi connectivity index (χ2v) is 11.2. The number of hydrogen-bond donors (Lipinski definition) is 0. The summed E-state index contributed by atoms with van der Waals surface area (Å²) in [5, 5.41) is 4.55. The fourth-order valence-corrected chi connectivity index (χ4v) is 5.42. The summed E-state index contributed by atoms with van der Waals surface area (Å²) in [5.41, 5.74) is 7.15. The molecule has 0 aliphatic rings. The number of fused-ring (bicyclic) bond motifs is 6. The first-order chi connectivity index (χ1) is 23.2. The maximum Gasteiger partial charge on any atom is 1.00 e. The number of pyridine rings is 5. The molecule has 0 amide bonds. The average molecular weight is 804 g/mol. The minimum Gasteiger partial charge on any atom is -0.413 e. The van der Waals surface area contributed by atoms with Gasteiger partial charge < -0.3 is 9.88 Å². The van der Waals surface area contributed by atoms with Crippen molar-refractivity contribution in [1.29, 1.82) is 0 Å². The van der Waals surface area contributed by atoms with Crippen LogP contribution in [0.4, 0.5) is 5.69 Å². The van der Waals surface area contributed by atoms with Crippen molar-refractivity contribution in [3.8, 4) is 11.3 Å². The molecule has 8 rings (SSSR count). The molecule has 3 aromatic carbocycles. The van der Waals surface area contributed by atoms with Crippen LogP contribution < -0.4 is 4.90 Å². The van der Waals surface area contributed by atoms with Crippen LogP contribution in [-0.4, -0.2) is 38.5 Å². The maximum atomic E-state index is 4.35. The van der Waals surface area contributed by atoms with Gasteiger partial charge in [-0.05, 0) is 55.2 Å². The summed E-state index contributed by atoms with van der Waals surface area (Å²) in [6, 6.07) is 39.8. The monoisotopic (exact) mass is 805 g/mol. The third kappa shape index (κ3) is 8.42. The van der Waals surface area contributed by atoms with Gasteiger partial charge in [0.2, 0.25) is 0 Å². The molecular formula is C41H37N6Os. The number of rotatable bonds is 6. The van der Waals surface area contributed by atoms with Crippen LogP contribution in [0.1, 0.15) is 26.2 Å². The van der Waals surface area contributed by atoms with Gasteiger partial charge in [0.1, 0.15) is 0 Å². The van der Waals surface area contributed by atoms with Crippen molar-refractivity contribution in [1.82, 2.24) is 24.9 Å². The first-order valence-electron chi connectivity index (χ1n) is 16.0. The molecule has 0 aliphatic carbocycles. The molecule has 239 valence electrons. The fraction of sp³-hybridized carbons (Fsp3) is 0.146. The smallest absolute Gasteiger partial charge is 0.413 e. The van der Waals surface area contributed by atoms with Crippen LogP contribution in [0.5, 0.6) is 0 Å². The van der Waals surface area contributed by atoms with Crippen LogP contribution in [0.3, 0.4) is 0 Å². The molecule has 0 unspecified atom stereocenters. The van der Waals surface area contributed by atoms with Gasteiger partial charge in [0.15, 0.2) is 0 Å². The molecule has 0 fully saturated rings. The van der Waals surface area contributed by atoms with Crippen molar-refractivity contribution in [2.75, 3.05) is 18.5 Å². The predicted octanol–water partition coefficient (Wildman–Crippen LogP) is 9.74. The number of anilines is 1. The number of hydrogen-bond acceptors (Lipinski definition) is 6. The molecule has 1 radical (unpaired) electrons. The molecule has 5 aromatic heterocycles. The second-order valence-electron chi connectivity index (χ2n) is 11.2. The van der Waals surface area contributed by atoms with Crippen LogP contribution in [0.15, 0.2) is 140 Å². The van der Waals surface area contributed by atoms with Gasteiger partial charge in [0.25, 0.3) is 0 Å². The third-order valence-electron chi connectivity index (χ3n) is 7.96. The normalized spacial score (nSPS) is 10.5. The molecule has 0 saturated heterocycles. The van der Waals surface area contributed by atoms with E-state index in [0.717, 1.165) is 61.4 Å². The summed E-state index contributed by atoms with van der Waals surface area (Å²) in [6.07, 6.45) is 12.8. The van der Waals surface area contributed by atoms with Crippen LogP contribution >= 0.6 is 0 Å². The van der Waals surface area contributed by atoms with E-state index in [1.807, 2.05) is 48.7 Å². The molecule has 0 saturated carbocycles. The van der Waals surface area contributed by atoms with Gasteiger partial charge in [-0.1, -0.05) is 80.4 Å². The minimum atomic E-state index is 0. The Labute approximate surface area is 295 Å². The van der Waals surface area contributed by atoms with Crippen molar-refractivity contribution >= 4 is 49.3 Å². The van der Waals surface area contributed by atoms with Crippen molar-refractivity contribution in [2.24, 2.45) is 0 Å². The van der Waals surface area contributed by atoms with Gasteiger partial charge in [-0.15, -0.1) is 29.8 Å². The Morgan fingerprint density at radius 2 is 1.00 bits per heavy atom. The molecule has 0 bridgehead atoms. The molecule has 48 heavy (non-hydrogen) atoms. The Kier molecular flexibility index (Phi) is 12.2. The topological polar surface area (TPSA) is 67.7 Å². The van der Waals surface area contributed by atoms with E-state index in [1.165, 1.54) is 24.9 Å². The van der Waals surface area contributed by atoms with E-state index >= 15 is 0 Å². The molecule has 0 N–H and O–H groups in total. The molecule has 0 aliphatic heterocycles. The number of aromatic nitrogens is 5. The van der Waals surface area contributed by atoms with Gasteiger partial charge in [0.05, 0.1) is 22.1 Å². The Hall–Kier alpha value is -5.11. The first kappa shape index (κ1) is 34.2. The quantitative estimate of drug-likeness (QED) is 0.0948. The van der Waals surface area contributed by atoms with E-state index in [9.17, 15) is 0 Å². The predicted molar refractivity (Wildman–Crippen MR) is 195 cm³/mol. The maximum absolute atomic E-state index is 4.35. The van der Waals surface area contributed by atoms with Gasteiger partial charge in [-0.25, -0.2) is 0 Å². The van der Waals surface area contributed by atoms with Crippen LogP contribution in [0.2, 0.25) is 0 Å². The van der Waals surface area contributed by atoms with E-state index in [1.54, 1.807) is 24.8 Å². The number of nitrogens with zero attached hydrogens (tertiary/aromatic N) is 6. The minimum absolute atomic E-state index is 0. The Bertz CT molecular complexity index is 1970. The number of unbranched alkanes of at least 4 members (excludes halogenated alkanes) is 2. The van der Waals surface area contributed by atoms with Crippen LogP contribution in [0, 0.1) is 6.07 Å². The molecular weight excluding hydrogens is 767 g/mol. The Morgan fingerprint density at radius 3 is 1.40 bits per heavy atom. The molecule has 5 heterocycles. The van der Waals surface area contributed by atoms with Gasteiger partial charge >= 0.3 is 19.8 Å². The molecule has 0 spiro atoms. The summed E-state index contributed by atoms with van der Waals surface area (Å²) < 4.78 is 0. The molecule has 0 atom stereocenters. The molecule has 7 heteroatoms. The third-order valence-corrected chi connectivity index (χ3v) is 7.96. The summed E-state index contributed by atoms with van der Waals surface area (Å²) in [6.45, 7) is 3.33. The first-order valence-corrected chi connectivity index (χ1v) is 16.0. The average Bonchev–Trinajstić information content (AvgIpc) is 3.16. The summed E-state index contributed by atoms with van der Waals surface area (Å²) in [4.78, 5) is 24.0. The van der Waals surface area contributed by atoms with E-state index in [2.05, 4.69) is 117 Å². The van der Waals surface area contributed by atoms with Crippen molar-refractivity contribution in [2.45, 2.75) is 26.2 Å². The SMILES string of the molecule is CCCCCN(C)c1c[c-]c(-c2ccccn2)cc1.[Os+].c1cnc2c(c1)ccc1cccnc12.c1cnc2c(c1)ccc1cccnc12. The largest absolute Gasteiger partial charge is 1.00 e. The number of benzene rings is 3. The zero-order valence-corrected chi connectivity index (χ0v) is 29.7. The summed E-state index contributed by atoms with van der Waals surface area (Å²) in [5.74, 6) is 0. The second kappa shape index (κ2) is 17.2. The van der Waals surface area contributed by atoms with Gasteiger partial charge in [0, 0.05) is 59.1 Å². The van der Waals surface area contributed by atoms with E-state index < -0.39 is 0 Å². The summed E-state index contributed by atoms with van der Waals surface area (Å²) >= 11 is 0. The van der Waals surface area contributed by atoms with Crippen molar-refractivity contribution in [3.63, 3.8) is 0 Å². The standard InChI is InChI=1S/C17H21N2.2C12H8N2.Os/c1-3-4-7-14-19(2)16-11-9-15(10-12-16)17-8-5-6-13-18-17;2*1-3-9-5-6-10-4-2-8-14-12(10)11(9)13-7-1;/h5-6,8-9,11-13H,3-4,7,14H2,1-2H3;2*1-8H;/q-1;;;+1. The van der Waals surface area contributed by atoms with E-state index in [-0.39, 0.29) is 19.8 Å². The van der Waals surface area contributed by atoms with Crippen LogP contribution in [0.25, 0.3) is 54.9 Å². The van der Waals surface area contributed by atoms with Crippen molar-refractivity contribution in [3.05, 3.63) is 146 Å².